The number of anilines is 2. The van der Waals surface area contributed by atoms with Crippen molar-refractivity contribution in [1.29, 1.82) is 0 Å². The monoisotopic (exact) mass is 437 g/mol. The number of nitro benzene ring substituents is 1. The van der Waals surface area contributed by atoms with Crippen molar-refractivity contribution in [3.05, 3.63) is 51.3 Å². The third kappa shape index (κ3) is 4.15. The van der Waals surface area contributed by atoms with Crippen LogP contribution in [0.4, 0.5) is 30.5 Å². The predicted octanol–water partition coefficient (Wildman–Crippen LogP) is 2.96. The zero-order valence-electron chi connectivity index (χ0n) is 16.3. The van der Waals surface area contributed by atoms with Gasteiger partial charge in [0.2, 0.25) is 5.95 Å². The molecule has 1 amide bonds. The lowest BCUT2D eigenvalue weighted by molar-refractivity contribution is -0.384. The number of halogens is 3. The SMILES string of the molecule is O=C(c1cnc(N2CCCc3cc([N+](=O)[O-])ccc32)nc1C(F)(F)F)N1CCOCC1. The van der Waals surface area contributed by atoms with E-state index in [2.05, 4.69) is 9.97 Å². The Hall–Kier alpha value is -3.28. The van der Waals surface area contributed by atoms with Crippen molar-refractivity contribution in [3.63, 3.8) is 0 Å². The maximum absolute atomic E-state index is 13.8. The van der Waals surface area contributed by atoms with E-state index in [1.54, 1.807) is 0 Å². The van der Waals surface area contributed by atoms with Crippen LogP contribution >= 0.6 is 0 Å². The Balaban J connectivity index is 1.72. The topological polar surface area (TPSA) is 102 Å². The number of nitro groups is 1. The number of hydrogen-bond acceptors (Lipinski definition) is 7. The lowest BCUT2D eigenvalue weighted by atomic mass is 10.0. The standard InChI is InChI=1S/C19H18F3N5O4/c20-19(21,22)16-14(17(28)25-6-8-31-9-7-25)11-23-18(24-16)26-5-1-2-12-10-13(27(29)30)3-4-15(12)26/h3-4,10-11H,1-2,5-9H2. The van der Waals surface area contributed by atoms with Gasteiger partial charge >= 0.3 is 6.18 Å². The molecule has 9 nitrogen and oxygen atoms in total. The summed E-state index contributed by atoms with van der Waals surface area (Å²) in [5, 5.41) is 11.0. The second-order valence-electron chi connectivity index (χ2n) is 7.16. The molecule has 31 heavy (non-hydrogen) atoms. The highest BCUT2D eigenvalue weighted by Crippen LogP contribution is 2.37. The number of rotatable bonds is 3. The fourth-order valence-corrected chi connectivity index (χ4v) is 3.72. The van der Waals surface area contributed by atoms with Crippen LogP contribution in [0.5, 0.6) is 0 Å². The number of aryl methyl sites for hydroxylation is 1. The molecule has 1 saturated heterocycles. The summed E-state index contributed by atoms with van der Waals surface area (Å²) in [6, 6.07) is 4.18. The summed E-state index contributed by atoms with van der Waals surface area (Å²) in [4.78, 5) is 33.7. The zero-order chi connectivity index (χ0) is 22.2. The van der Waals surface area contributed by atoms with Crippen LogP contribution in [0.1, 0.15) is 28.0 Å². The van der Waals surface area contributed by atoms with Crippen molar-refractivity contribution in [3.8, 4) is 0 Å². The number of fused-ring (bicyclic) bond motifs is 1. The van der Waals surface area contributed by atoms with Crippen molar-refractivity contribution in [1.82, 2.24) is 14.9 Å². The van der Waals surface area contributed by atoms with Crippen LogP contribution in [0, 0.1) is 10.1 Å². The Morgan fingerprint density at radius 3 is 2.61 bits per heavy atom. The lowest BCUT2D eigenvalue weighted by Gasteiger charge is -2.30. The van der Waals surface area contributed by atoms with E-state index in [1.165, 1.54) is 28.0 Å². The maximum atomic E-state index is 13.8. The van der Waals surface area contributed by atoms with E-state index in [0.717, 1.165) is 6.20 Å². The van der Waals surface area contributed by atoms with E-state index in [0.29, 0.717) is 30.6 Å². The molecule has 0 spiro atoms. The van der Waals surface area contributed by atoms with Crippen LogP contribution < -0.4 is 4.90 Å². The van der Waals surface area contributed by atoms with Gasteiger partial charge in [0, 0.05) is 43.7 Å². The lowest BCUT2D eigenvalue weighted by Crippen LogP contribution is -2.41. The van der Waals surface area contributed by atoms with Gasteiger partial charge < -0.3 is 14.5 Å². The first-order valence-electron chi connectivity index (χ1n) is 9.62. The molecule has 2 aliphatic rings. The van der Waals surface area contributed by atoms with Crippen LogP contribution in [0.15, 0.2) is 24.4 Å². The summed E-state index contributed by atoms with van der Waals surface area (Å²) < 4.78 is 46.5. The molecule has 1 fully saturated rings. The van der Waals surface area contributed by atoms with E-state index in [1.807, 2.05) is 0 Å². The minimum atomic E-state index is -4.86. The Kier molecular flexibility index (Phi) is 5.48. The number of amides is 1. The molecule has 0 bridgehead atoms. The summed E-state index contributed by atoms with van der Waals surface area (Å²) in [5.74, 6) is -1.00. The van der Waals surface area contributed by atoms with Gasteiger partial charge in [-0.1, -0.05) is 0 Å². The highest BCUT2D eigenvalue weighted by atomic mass is 19.4. The molecular weight excluding hydrogens is 419 g/mol. The van der Waals surface area contributed by atoms with Gasteiger partial charge in [0.25, 0.3) is 11.6 Å². The molecule has 0 radical (unpaired) electrons. The first-order chi connectivity index (χ1) is 14.8. The highest BCUT2D eigenvalue weighted by molar-refractivity contribution is 5.95. The van der Waals surface area contributed by atoms with E-state index in [4.69, 9.17) is 4.74 Å². The Labute approximate surface area is 174 Å². The van der Waals surface area contributed by atoms with Crippen LogP contribution in [-0.2, 0) is 17.3 Å². The van der Waals surface area contributed by atoms with Crippen LogP contribution in [-0.4, -0.2) is 58.5 Å². The smallest absolute Gasteiger partial charge is 0.378 e. The van der Waals surface area contributed by atoms with Gasteiger partial charge in [0.1, 0.15) is 0 Å². The average molecular weight is 437 g/mol. The molecule has 1 aromatic heterocycles. The molecule has 12 heteroatoms. The van der Waals surface area contributed by atoms with Gasteiger partial charge in [0.15, 0.2) is 5.69 Å². The Morgan fingerprint density at radius 1 is 1.19 bits per heavy atom. The van der Waals surface area contributed by atoms with Gasteiger partial charge in [0.05, 0.1) is 23.7 Å². The molecule has 164 valence electrons. The fraction of sp³-hybridized carbons (Fsp3) is 0.421. The highest BCUT2D eigenvalue weighted by Gasteiger charge is 2.40. The van der Waals surface area contributed by atoms with Gasteiger partial charge in [-0.15, -0.1) is 0 Å². The van der Waals surface area contributed by atoms with Crippen LogP contribution in [0.2, 0.25) is 0 Å². The number of morpholine rings is 1. The number of nitrogens with zero attached hydrogens (tertiary/aromatic N) is 5. The van der Waals surface area contributed by atoms with Gasteiger partial charge in [-0.3, -0.25) is 14.9 Å². The Morgan fingerprint density at radius 2 is 1.94 bits per heavy atom. The molecule has 1 aromatic carbocycles. The molecule has 0 atom stereocenters. The molecule has 3 heterocycles. The first kappa shape index (κ1) is 21.0. The minimum Gasteiger partial charge on any atom is -0.378 e. The largest absolute Gasteiger partial charge is 0.434 e. The quantitative estimate of drug-likeness (QED) is 0.537. The fourth-order valence-electron chi connectivity index (χ4n) is 3.72. The summed E-state index contributed by atoms with van der Waals surface area (Å²) in [5.41, 5.74) is -0.866. The van der Waals surface area contributed by atoms with Crippen molar-refractivity contribution < 1.29 is 27.6 Å². The third-order valence-electron chi connectivity index (χ3n) is 5.21. The van der Waals surface area contributed by atoms with E-state index >= 15 is 0 Å². The van der Waals surface area contributed by atoms with Crippen molar-refractivity contribution in [2.75, 3.05) is 37.7 Å². The number of non-ortho nitro benzene ring substituents is 1. The van der Waals surface area contributed by atoms with Gasteiger partial charge in [-0.05, 0) is 24.5 Å². The number of ether oxygens (including phenoxy) is 1. The normalized spacial score (nSPS) is 16.7. The Bertz CT molecular complexity index is 1020. The molecule has 2 aliphatic heterocycles. The average Bonchev–Trinajstić information content (AvgIpc) is 2.77. The molecule has 0 N–H and O–H groups in total. The number of carbonyl (C=O) groups is 1. The summed E-state index contributed by atoms with van der Waals surface area (Å²) in [6.07, 6.45) is -2.84. The molecular formula is C19H18F3N5O4. The third-order valence-corrected chi connectivity index (χ3v) is 5.21. The first-order valence-corrected chi connectivity index (χ1v) is 9.62. The molecule has 2 aromatic rings. The molecule has 0 aliphatic carbocycles. The van der Waals surface area contributed by atoms with Crippen LogP contribution in [0.3, 0.4) is 0 Å². The van der Waals surface area contributed by atoms with E-state index < -0.39 is 28.3 Å². The number of hydrogen-bond donors (Lipinski definition) is 0. The maximum Gasteiger partial charge on any atom is 0.434 e. The minimum absolute atomic E-state index is 0.0936. The summed E-state index contributed by atoms with van der Waals surface area (Å²) >= 11 is 0. The number of alkyl halides is 3. The van der Waals surface area contributed by atoms with Crippen molar-refractivity contribution >= 4 is 23.2 Å². The van der Waals surface area contributed by atoms with E-state index in [9.17, 15) is 28.1 Å². The van der Waals surface area contributed by atoms with Crippen molar-refractivity contribution in [2.45, 2.75) is 19.0 Å². The zero-order valence-corrected chi connectivity index (χ0v) is 16.3. The second-order valence-corrected chi connectivity index (χ2v) is 7.16. The van der Waals surface area contributed by atoms with E-state index in [-0.39, 0.29) is 37.9 Å². The molecule has 0 saturated carbocycles. The molecule has 4 rings (SSSR count). The van der Waals surface area contributed by atoms with Crippen molar-refractivity contribution in [2.24, 2.45) is 0 Å². The van der Waals surface area contributed by atoms with Gasteiger partial charge in [-0.25, -0.2) is 9.97 Å². The number of carbonyl (C=O) groups excluding carboxylic acids is 1. The second kappa shape index (κ2) is 8.10. The summed E-state index contributed by atoms with van der Waals surface area (Å²) in [7, 11) is 0. The number of aromatic nitrogens is 2. The summed E-state index contributed by atoms with van der Waals surface area (Å²) in [6.45, 7) is 1.23. The molecule has 0 unspecified atom stereocenters. The predicted molar refractivity (Wildman–Crippen MR) is 102 cm³/mol. The van der Waals surface area contributed by atoms with Gasteiger partial charge in [-0.2, -0.15) is 13.2 Å². The number of benzene rings is 1. The van der Waals surface area contributed by atoms with Crippen LogP contribution in [0.25, 0.3) is 0 Å².